The Balaban J connectivity index is 1.28. The second kappa shape index (κ2) is 10.3. The monoisotopic (exact) mass is 457 g/mol. The number of ether oxygens (including phenoxy) is 1. The number of nitrogens with one attached hydrogen (secondary N) is 1. The molecule has 6 nitrogen and oxygen atoms in total. The fourth-order valence-electron chi connectivity index (χ4n) is 3.69. The minimum absolute atomic E-state index is 0.0833. The van der Waals surface area contributed by atoms with Crippen molar-refractivity contribution < 1.29 is 18.3 Å². The molecule has 32 heavy (non-hydrogen) atoms. The van der Waals surface area contributed by atoms with Gasteiger partial charge in [0.15, 0.2) is 0 Å². The molecule has 1 fully saturated rings. The highest BCUT2D eigenvalue weighted by Gasteiger charge is 2.22. The maximum atomic E-state index is 13.1. The zero-order valence-corrected chi connectivity index (χ0v) is 18.6. The Hall–Kier alpha value is -2.74. The third-order valence-corrected chi connectivity index (χ3v) is 5.59. The summed E-state index contributed by atoms with van der Waals surface area (Å²) in [7, 11) is 0. The van der Waals surface area contributed by atoms with Gasteiger partial charge in [-0.15, -0.1) is 0 Å². The van der Waals surface area contributed by atoms with Crippen LogP contribution in [0.25, 0.3) is 11.5 Å². The van der Waals surface area contributed by atoms with E-state index in [1.165, 1.54) is 12.1 Å². The van der Waals surface area contributed by atoms with E-state index in [0.717, 1.165) is 30.2 Å². The smallest absolute Gasteiger partial charge is 0.226 e. The largest absolute Gasteiger partial charge is 0.441 e. The summed E-state index contributed by atoms with van der Waals surface area (Å²) in [5.74, 6) is 0.467. The maximum absolute atomic E-state index is 13.1. The van der Waals surface area contributed by atoms with Crippen molar-refractivity contribution in [2.75, 3.05) is 26.2 Å². The molecular weight excluding hydrogens is 433 g/mol. The predicted molar refractivity (Wildman–Crippen MR) is 120 cm³/mol. The zero-order valence-electron chi connectivity index (χ0n) is 17.8. The quantitative estimate of drug-likeness (QED) is 0.580. The van der Waals surface area contributed by atoms with E-state index < -0.39 is 0 Å². The van der Waals surface area contributed by atoms with Crippen LogP contribution in [0.3, 0.4) is 0 Å². The van der Waals surface area contributed by atoms with Crippen molar-refractivity contribution in [1.29, 1.82) is 0 Å². The zero-order chi connectivity index (χ0) is 22.5. The second-order valence-electron chi connectivity index (χ2n) is 7.87. The molecule has 0 radical (unpaired) electrons. The summed E-state index contributed by atoms with van der Waals surface area (Å²) in [6.45, 7) is 5.15. The van der Waals surface area contributed by atoms with Crippen LogP contribution in [0.15, 0.2) is 52.9 Å². The number of oxazole rings is 1. The minimum Gasteiger partial charge on any atom is -0.441 e. The van der Waals surface area contributed by atoms with Crippen LogP contribution < -0.4 is 5.32 Å². The number of rotatable bonds is 7. The molecule has 1 N–H and O–H groups in total. The fraction of sp³-hybridized carbons (Fsp3) is 0.333. The van der Waals surface area contributed by atoms with Gasteiger partial charge in [0.2, 0.25) is 11.8 Å². The van der Waals surface area contributed by atoms with Gasteiger partial charge in [0.25, 0.3) is 0 Å². The van der Waals surface area contributed by atoms with E-state index in [2.05, 4.69) is 21.3 Å². The Labute approximate surface area is 191 Å². The van der Waals surface area contributed by atoms with Crippen LogP contribution in [0.2, 0.25) is 5.02 Å². The standard InChI is InChI=1S/C24H25ClFN3O3/c1-16-22(28-24(32-16)18-5-7-20(26)8-6-18)12-23(30)27-13-21-15-29(9-10-31-21)14-17-3-2-4-19(25)11-17/h2-8,11,21H,9-10,12-15H2,1H3,(H,27,30)/t21-/m0/s1. The molecule has 1 atom stereocenters. The van der Waals surface area contributed by atoms with E-state index in [1.54, 1.807) is 19.1 Å². The van der Waals surface area contributed by atoms with Crippen molar-refractivity contribution in [2.24, 2.45) is 0 Å². The van der Waals surface area contributed by atoms with Gasteiger partial charge in [0.1, 0.15) is 11.6 Å². The topological polar surface area (TPSA) is 67.6 Å². The predicted octanol–water partition coefficient (Wildman–Crippen LogP) is 4.00. The van der Waals surface area contributed by atoms with Crippen molar-refractivity contribution in [3.8, 4) is 11.5 Å². The molecule has 1 aromatic heterocycles. The van der Waals surface area contributed by atoms with Gasteiger partial charge < -0.3 is 14.5 Å². The summed E-state index contributed by atoms with van der Waals surface area (Å²) in [4.78, 5) is 19.2. The molecule has 1 aliphatic rings. The summed E-state index contributed by atoms with van der Waals surface area (Å²) >= 11 is 6.08. The van der Waals surface area contributed by atoms with E-state index in [1.807, 2.05) is 18.2 Å². The third kappa shape index (κ3) is 5.94. The van der Waals surface area contributed by atoms with Crippen LogP contribution in [0, 0.1) is 12.7 Å². The number of hydrogen-bond acceptors (Lipinski definition) is 5. The highest BCUT2D eigenvalue weighted by molar-refractivity contribution is 6.30. The summed E-state index contributed by atoms with van der Waals surface area (Å²) in [6, 6.07) is 13.7. The number of amides is 1. The summed E-state index contributed by atoms with van der Waals surface area (Å²) in [5, 5.41) is 3.66. The van der Waals surface area contributed by atoms with Crippen molar-refractivity contribution in [2.45, 2.75) is 26.0 Å². The minimum atomic E-state index is -0.326. The highest BCUT2D eigenvalue weighted by Crippen LogP contribution is 2.22. The van der Waals surface area contributed by atoms with Crippen LogP contribution in [0.1, 0.15) is 17.0 Å². The summed E-state index contributed by atoms with van der Waals surface area (Å²) < 4.78 is 24.6. The Morgan fingerprint density at radius 1 is 1.28 bits per heavy atom. The molecule has 4 rings (SSSR count). The van der Waals surface area contributed by atoms with Gasteiger partial charge in [-0.1, -0.05) is 23.7 Å². The number of aryl methyl sites for hydroxylation is 1. The lowest BCUT2D eigenvalue weighted by Gasteiger charge is -2.33. The normalized spacial score (nSPS) is 16.8. The number of carbonyl (C=O) groups is 1. The fourth-order valence-corrected chi connectivity index (χ4v) is 3.90. The number of nitrogens with zero attached hydrogens (tertiary/aromatic N) is 2. The molecule has 8 heteroatoms. The molecule has 0 unspecified atom stereocenters. The average molecular weight is 458 g/mol. The summed E-state index contributed by atoms with van der Waals surface area (Å²) in [6.07, 6.45) is 0.0234. The van der Waals surface area contributed by atoms with Crippen LogP contribution >= 0.6 is 11.6 Å². The molecule has 2 aromatic carbocycles. The van der Waals surface area contributed by atoms with Crippen molar-refractivity contribution in [1.82, 2.24) is 15.2 Å². The van der Waals surface area contributed by atoms with Gasteiger partial charge in [-0.05, 0) is 48.9 Å². The molecule has 0 aliphatic carbocycles. The first kappa shape index (κ1) is 22.5. The Morgan fingerprint density at radius 3 is 2.88 bits per heavy atom. The molecule has 1 saturated heterocycles. The van der Waals surface area contributed by atoms with E-state index in [0.29, 0.717) is 36.1 Å². The van der Waals surface area contributed by atoms with Gasteiger partial charge in [-0.25, -0.2) is 9.37 Å². The number of morpholine rings is 1. The van der Waals surface area contributed by atoms with E-state index >= 15 is 0 Å². The molecule has 2 heterocycles. The van der Waals surface area contributed by atoms with Crippen molar-refractivity contribution in [3.63, 3.8) is 0 Å². The lowest BCUT2D eigenvalue weighted by Crippen LogP contribution is -2.47. The van der Waals surface area contributed by atoms with Gasteiger partial charge >= 0.3 is 0 Å². The number of benzene rings is 2. The Morgan fingerprint density at radius 2 is 2.09 bits per heavy atom. The van der Waals surface area contributed by atoms with E-state index in [-0.39, 0.29) is 24.2 Å². The number of carbonyl (C=O) groups excluding carboxylic acids is 1. The molecule has 1 aliphatic heterocycles. The summed E-state index contributed by atoms with van der Waals surface area (Å²) in [5.41, 5.74) is 2.38. The maximum Gasteiger partial charge on any atom is 0.226 e. The molecular formula is C24H25ClFN3O3. The van der Waals surface area contributed by atoms with Gasteiger partial charge in [0.05, 0.1) is 24.8 Å². The first-order valence-electron chi connectivity index (χ1n) is 10.5. The van der Waals surface area contributed by atoms with Crippen LogP contribution in [-0.2, 0) is 22.5 Å². The number of halogens is 2. The first-order valence-corrected chi connectivity index (χ1v) is 10.9. The molecule has 3 aromatic rings. The lowest BCUT2D eigenvalue weighted by atomic mass is 10.2. The van der Waals surface area contributed by atoms with Crippen LogP contribution in [0.5, 0.6) is 0 Å². The van der Waals surface area contributed by atoms with Crippen molar-refractivity contribution in [3.05, 3.63) is 76.4 Å². The molecule has 0 spiro atoms. The van der Waals surface area contributed by atoms with Gasteiger partial charge in [0, 0.05) is 36.8 Å². The lowest BCUT2D eigenvalue weighted by molar-refractivity contribution is -0.121. The average Bonchev–Trinajstić information content (AvgIpc) is 3.13. The van der Waals surface area contributed by atoms with Crippen LogP contribution in [-0.4, -0.2) is 48.1 Å². The SMILES string of the molecule is Cc1oc(-c2ccc(F)cc2)nc1CC(=O)NC[C@H]1CN(Cc2cccc(Cl)c2)CCO1. The molecule has 0 saturated carbocycles. The van der Waals surface area contributed by atoms with Gasteiger partial charge in [-0.3, -0.25) is 9.69 Å². The molecule has 0 bridgehead atoms. The number of aromatic nitrogens is 1. The van der Waals surface area contributed by atoms with E-state index in [4.69, 9.17) is 20.8 Å². The molecule has 1 amide bonds. The third-order valence-electron chi connectivity index (χ3n) is 5.36. The number of hydrogen-bond donors (Lipinski definition) is 1. The Bertz CT molecular complexity index is 1070. The van der Waals surface area contributed by atoms with E-state index in [9.17, 15) is 9.18 Å². The second-order valence-corrected chi connectivity index (χ2v) is 8.30. The Kier molecular flexibility index (Phi) is 7.19. The van der Waals surface area contributed by atoms with Crippen LogP contribution in [0.4, 0.5) is 4.39 Å². The van der Waals surface area contributed by atoms with Crippen molar-refractivity contribution >= 4 is 17.5 Å². The molecule has 168 valence electrons. The van der Waals surface area contributed by atoms with Gasteiger partial charge in [-0.2, -0.15) is 0 Å². The first-order chi connectivity index (χ1) is 15.5. The highest BCUT2D eigenvalue weighted by atomic mass is 35.5.